The van der Waals surface area contributed by atoms with Gasteiger partial charge in [0.1, 0.15) is 11.6 Å². The summed E-state index contributed by atoms with van der Waals surface area (Å²) >= 11 is 0. The summed E-state index contributed by atoms with van der Waals surface area (Å²) in [4.78, 5) is 0. The molecule has 3 heterocycles. The van der Waals surface area contributed by atoms with E-state index < -0.39 is 0 Å². The average molecular weight is 206 g/mol. The van der Waals surface area contributed by atoms with Gasteiger partial charge in [0.2, 0.25) is 0 Å². The molecule has 2 aliphatic heterocycles. The summed E-state index contributed by atoms with van der Waals surface area (Å²) < 4.78 is 2.37. The number of nitrogens with one attached hydrogen (secondary N) is 1. The molecule has 2 aliphatic rings. The van der Waals surface area contributed by atoms with Gasteiger partial charge in [-0.15, -0.1) is 10.2 Å². The van der Waals surface area contributed by atoms with Crippen LogP contribution in [0.4, 0.5) is 0 Å². The molecule has 4 nitrogen and oxygen atoms in total. The first-order valence-electron chi connectivity index (χ1n) is 5.97. The molecule has 3 rings (SSSR count). The first-order valence-corrected chi connectivity index (χ1v) is 5.97. The van der Waals surface area contributed by atoms with E-state index in [1.165, 1.54) is 24.5 Å². The van der Waals surface area contributed by atoms with Gasteiger partial charge in [-0.05, 0) is 25.3 Å². The third-order valence-corrected chi connectivity index (χ3v) is 3.64. The molecule has 1 fully saturated rings. The van der Waals surface area contributed by atoms with Crippen molar-refractivity contribution in [1.82, 2.24) is 20.1 Å². The highest BCUT2D eigenvalue weighted by molar-refractivity contribution is 5.07. The number of aryl methyl sites for hydroxylation is 1. The third kappa shape index (κ3) is 1.57. The smallest absolute Gasteiger partial charge is 0.137 e. The topological polar surface area (TPSA) is 42.7 Å². The van der Waals surface area contributed by atoms with Crippen LogP contribution in [0.2, 0.25) is 0 Å². The molecule has 0 amide bonds. The maximum absolute atomic E-state index is 4.39. The van der Waals surface area contributed by atoms with Crippen molar-refractivity contribution >= 4 is 0 Å². The Morgan fingerprint density at radius 2 is 2.27 bits per heavy atom. The number of hydrogen-bond donors (Lipinski definition) is 1. The lowest BCUT2D eigenvalue weighted by Gasteiger charge is -2.22. The summed E-state index contributed by atoms with van der Waals surface area (Å²) in [6.45, 7) is 5.64. The molecule has 4 heteroatoms. The fraction of sp³-hybridized carbons (Fsp3) is 0.818. The highest BCUT2D eigenvalue weighted by Gasteiger charge is 2.26. The molecule has 2 unspecified atom stereocenters. The Hall–Kier alpha value is -0.900. The van der Waals surface area contributed by atoms with Crippen LogP contribution in [0.25, 0.3) is 0 Å². The molecule has 0 spiro atoms. The van der Waals surface area contributed by atoms with E-state index in [0.29, 0.717) is 5.92 Å². The molecular formula is C11H18N4. The minimum absolute atomic E-state index is 0.594. The van der Waals surface area contributed by atoms with Gasteiger partial charge in [-0.3, -0.25) is 0 Å². The van der Waals surface area contributed by atoms with Crippen LogP contribution in [-0.4, -0.2) is 27.9 Å². The zero-order chi connectivity index (χ0) is 10.3. The summed E-state index contributed by atoms with van der Waals surface area (Å²) in [5.41, 5.74) is 0. The largest absolute Gasteiger partial charge is 0.316 e. The molecule has 0 saturated carbocycles. The second-order valence-electron chi connectivity index (χ2n) is 4.92. The number of rotatable bonds is 1. The van der Waals surface area contributed by atoms with Crippen LogP contribution in [0.15, 0.2) is 0 Å². The zero-order valence-electron chi connectivity index (χ0n) is 9.24. The lowest BCUT2D eigenvalue weighted by Crippen LogP contribution is -2.21. The maximum atomic E-state index is 4.39. The second-order valence-corrected chi connectivity index (χ2v) is 4.92. The highest BCUT2D eigenvalue weighted by Crippen LogP contribution is 2.26. The summed E-state index contributed by atoms with van der Waals surface area (Å²) in [7, 11) is 0. The first-order chi connectivity index (χ1) is 7.34. The monoisotopic (exact) mass is 206 g/mol. The fourth-order valence-corrected chi connectivity index (χ4v) is 2.69. The summed E-state index contributed by atoms with van der Waals surface area (Å²) in [6, 6.07) is 0. The van der Waals surface area contributed by atoms with E-state index >= 15 is 0 Å². The van der Waals surface area contributed by atoms with E-state index in [-0.39, 0.29) is 0 Å². The molecule has 0 aliphatic carbocycles. The maximum Gasteiger partial charge on any atom is 0.137 e. The van der Waals surface area contributed by atoms with Gasteiger partial charge in [0, 0.05) is 25.4 Å². The number of hydrogen-bond acceptors (Lipinski definition) is 3. The Kier molecular flexibility index (Phi) is 2.24. The van der Waals surface area contributed by atoms with Crippen LogP contribution < -0.4 is 5.32 Å². The van der Waals surface area contributed by atoms with E-state index in [1.807, 2.05) is 0 Å². The van der Waals surface area contributed by atoms with Crippen LogP contribution in [0.1, 0.15) is 37.3 Å². The minimum atomic E-state index is 0.594. The Bertz CT molecular complexity index is 351. The van der Waals surface area contributed by atoms with Crippen molar-refractivity contribution < 1.29 is 0 Å². The fourth-order valence-electron chi connectivity index (χ4n) is 2.69. The van der Waals surface area contributed by atoms with Crippen molar-refractivity contribution in [2.24, 2.45) is 5.92 Å². The third-order valence-electron chi connectivity index (χ3n) is 3.64. The Morgan fingerprint density at radius 1 is 1.33 bits per heavy atom. The van der Waals surface area contributed by atoms with Gasteiger partial charge in [0.25, 0.3) is 0 Å². The SMILES string of the molecule is CC1CCc2nnc(C3CCNC3)n2C1. The number of nitrogens with zero attached hydrogens (tertiary/aromatic N) is 3. The standard InChI is InChI=1S/C11H18N4/c1-8-2-3-10-13-14-11(15(10)7-8)9-4-5-12-6-9/h8-9,12H,2-7H2,1H3. The van der Waals surface area contributed by atoms with E-state index in [4.69, 9.17) is 0 Å². The molecule has 1 aromatic rings. The van der Waals surface area contributed by atoms with E-state index in [2.05, 4.69) is 27.0 Å². The Balaban J connectivity index is 1.92. The van der Waals surface area contributed by atoms with Crippen LogP contribution in [0, 0.1) is 5.92 Å². The second kappa shape index (κ2) is 3.59. The normalized spacial score (nSPS) is 30.5. The molecule has 82 valence electrons. The van der Waals surface area contributed by atoms with Crippen molar-refractivity contribution in [3.8, 4) is 0 Å². The lowest BCUT2D eigenvalue weighted by atomic mass is 10.0. The lowest BCUT2D eigenvalue weighted by molar-refractivity contribution is 0.381. The van der Waals surface area contributed by atoms with Crippen molar-refractivity contribution in [3.63, 3.8) is 0 Å². The molecule has 2 atom stereocenters. The molecule has 1 N–H and O–H groups in total. The van der Waals surface area contributed by atoms with Crippen LogP contribution >= 0.6 is 0 Å². The molecule has 0 radical (unpaired) electrons. The van der Waals surface area contributed by atoms with Crippen molar-refractivity contribution in [2.75, 3.05) is 13.1 Å². The Morgan fingerprint density at radius 3 is 3.07 bits per heavy atom. The number of aromatic nitrogens is 3. The minimum Gasteiger partial charge on any atom is -0.316 e. The van der Waals surface area contributed by atoms with Gasteiger partial charge in [0.15, 0.2) is 0 Å². The summed E-state index contributed by atoms with van der Waals surface area (Å²) in [6.07, 6.45) is 3.59. The van der Waals surface area contributed by atoms with Gasteiger partial charge in [-0.1, -0.05) is 6.92 Å². The van der Waals surface area contributed by atoms with E-state index in [0.717, 1.165) is 32.0 Å². The zero-order valence-corrected chi connectivity index (χ0v) is 9.24. The van der Waals surface area contributed by atoms with E-state index in [1.54, 1.807) is 0 Å². The van der Waals surface area contributed by atoms with Gasteiger partial charge < -0.3 is 9.88 Å². The van der Waals surface area contributed by atoms with Gasteiger partial charge >= 0.3 is 0 Å². The van der Waals surface area contributed by atoms with Gasteiger partial charge in [-0.2, -0.15) is 0 Å². The number of fused-ring (bicyclic) bond motifs is 1. The quantitative estimate of drug-likeness (QED) is 0.743. The predicted octanol–water partition coefficient (Wildman–Crippen LogP) is 0.937. The van der Waals surface area contributed by atoms with Crippen LogP contribution in [0.5, 0.6) is 0 Å². The Labute approximate surface area is 90.1 Å². The van der Waals surface area contributed by atoms with Crippen LogP contribution in [-0.2, 0) is 13.0 Å². The summed E-state index contributed by atoms with van der Waals surface area (Å²) in [5, 5.41) is 12.1. The van der Waals surface area contributed by atoms with E-state index in [9.17, 15) is 0 Å². The molecule has 1 saturated heterocycles. The highest BCUT2D eigenvalue weighted by atomic mass is 15.3. The van der Waals surface area contributed by atoms with Crippen LogP contribution in [0.3, 0.4) is 0 Å². The molecular weight excluding hydrogens is 188 g/mol. The van der Waals surface area contributed by atoms with Crippen molar-refractivity contribution in [1.29, 1.82) is 0 Å². The van der Waals surface area contributed by atoms with Gasteiger partial charge in [0.05, 0.1) is 0 Å². The van der Waals surface area contributed by atoms with Crippen molar-refractivity contribution in [3.05, 3.63) is 11.6 Å². The van der Waals surface area contributed by atoms with Gasteiger partial charge in [-0.25, -0.2) is 0 Å². The molecule has 1 aromatic heterocycles. The first kappa shape index (κ1) is 9.33. The summed E-state index contributed by atoms with van der Waals surface area (Å²) in [5.74, 6) is 3.80. The van der Waals surface area contributed by atoms with Crippen molar-refractivity contribution in [2.45, 2.75) is 38.6 Å². The molecule has 0 bridgehead atoms. The predicted molar refractivity (Wildman–Crippen MR) is 57.7 cm³/mol. The average Bonchev–Trinajstić information content (AvgIpc) is 2.83. The molecule has 0 aromatic carbocycles. The molecule has 15 heavy (non-hydrogen) atoms.